The quantitative estimate of drug-likeness (QED) is 0.638. The van der Waals surface area contributed by atoms with Gasteiger partial charge in [-0.1, -0.05) is 35.9 Å². The van der Waals surface area contributed by atoms with Gasteiger partial charge >= 0.3 is 0 Å². The topological polar surface area (TPSA) is 42.0 Å². The number of amides is 1. The summed E-state index contributed by atoms with van der Waals surface area (Å²) in [5, 5.41) is 5.51. The average molecular weight is 355 g/mol. The Hall–Kier alpha value is -2.11. The molecule has 0 aliphatic carbocycles. The molecule has 24 heavy (non-hydrogen) atoms. The van der Waals surface area contributed by atoms with Crippen LogP contribution in [0.1, 0.15) is 21.5 Å². The van der Waals surface area contributed by atoms with Crippen LogP contribution in [0.2, 0.25) is 0 Å². The number of nitrogens with one attached hydrogen (secondary N) is 1. The zero-order valence-electron chi connectivity index (χ0n) is 13.8. The molecule has 0 aliphatic rings. The summed E-state index contributed by atoms with van der Waals surface area (Å²) in [5.41, 5.74) is 5.08. The summed E-state index contributed by atoms with van der Waals surface area (Å²) in [7, 11) is 0. The number of thioether (sulfide) groups is 1. The molecule has 1 aromatic heterocycles. The van der Waals surface area contributed by atoms with Crippen LogP contribution in [0.25, 0.3) is 11.3 Å². The van der Waals surface area contributed by atoms with E-state index < -0.39 is 0 Å². The normalized spacial score (nSPS) is 10.6. The predicted octanol–water partition coefficient (Wildman–Crippen LogP) is 5.40. The largest absolute Gasteiger partial charge is 0.298 e. The molecular formula is C19H18N2OS2. The Morgan fingerprint density at radius 2 is 1.96 bits per heavy atom. The van der Waals surface area contributed by atoms with Gasteiger partial charge in [0.2, 0.25) is 0 Å². The second-order valence-electron chi connectivity index (χ2n) is 5.51. The van der Waals surface area contributed by atoms with Crippen LogP contribution < -0.4 is 5.32 Å². The lowest BCUT2D eigenvalue weighted by Crippen LogP contribution is -2.12. The summed E-state index contributed by atoms with van der Waals surface area (Å²) in [5.74, 6) is -0.124. The number of rotatable bonds is 4. The van der Waals surface area contributed by atoms with E-state index in [4.69, 9.17) is 0 Å². The highest BCUT2D eigenvalue weighted by Crippen LogP contribution is 2.29. The number of nitrogens with zero attached hydrogens (tertiary/aromatic N) is 1. The number of aromatic nitrogens is 1. The van der Waals surface area contributed by atoms with E-state index in [2.05, 4.69) is 42.3 Å². The molecule has 1 N–H and O–H groups in total. The highest BCUT2D eigenvalue weighted by molar-refractivity contribution is 7.98. The van der Waals surface area contributed by atoms with Gasteiger partial charge in [-0.3, -0.25) is 10.1 Å². The van der Waals surface area contributed by atoms with E-state index in [0.29, 0.717) is 10.7 Å². The number of hydrogen-bond donors (Lipinski definition) is 1. The lowest BCUT2D eigenvalue weighted by atomic mass is 10.0. The first-order valence-corrected chi connectivity index (χ1v) is 9.66. The van der Waals surface area contributed by atoms with E-state index in [1.807, 2.05) is 35.9 Å². The molecule has 1 heterocycles. The third kappa shape index (κ3) is 3.52. The lowest BCUT2D eigenvalue weighted by molar-refractivity contribution is 0.102. The molecule has 0 saturated carbocycles. The van der Waals surface area contributed by atoms with Gasteiger partial charge in [0.1, 0.15) is 0 Å². The van der Waals surface area contributed by atoms with Crippen molar-refractivity contribution in [3.05, 3.63) is 64.5 Å². The molecule has 0 fully saturated rings. The Morgan fingerprint density at radius 1 is 1.17 bits per heavy atom. The SMILES string of the molecule is CSc1ccccc1C(=O)Nc1nc(-c2ccc(C)cc2C)cs1. The summed E-state index contributed by atoms with van der Waals surface area (Å²) >= 11 is 3.01. The molecule has 0 spiro atoms. The summed E-state index contributed by atoms with van der Waals surface area (Å²) in [6.45, 7) is 4.15. The Bertz CT molecular complexity index is 887. The smallest absolute Gasteiger partial charge is 0.258 e. The number of carbonyl (C=O) groups is 1. The van der Waals surface area contributed by atoms with Crippen molar-refractivity contribution in [1.82, 2.24) is 4.98 Å². The number of anilines is 1. The molecule has 3 nitrogen and oxygen atoms in total. The van der Waals surface area contributed by atoms with Crippen LogP contribution >= 0.6 is 23.1 Å². The van der Waals surface area contributed by atoms with Crippen molar-refractivity contribution in [2.24, 2.45) is 0 Å². The number of thiazole rings is 1. The van der Waals surface area contributed by atoms with Gasteiger partial charge in [0.05, 0.1) is 11.3 Å². The van der Waals surface area contributed by atoms with E-state index >= 15 is 0 Å². The molecule has 0 aliphatic heterocycles. The van der Waals surface area contributed by atoms with Crippen LogP contribution in [0.5, 0.6) is 0 Å². The van der Waals surface area contributed by atoms with Gasteiger partial charge in [-0.15, -0.1) is 23.1 Å². The van der Waals surface area contributed by atoms with Crippen molar-refractivity contribution >= 4 is 34.1 Å². The van der Waals surface area contributed by atoms with Crippen molar-refractivity contribution in [3.8, 4) is 11.3 Å². The average Bonchev–Trinajstić information content (AvgIpc) is 3.02. The monoisotopic (exact) mass is 354 g/mol. The number of aryl methyl sites for hydroxylation is 2. The molecule has 0 unspecified atom stereocenters. The molecule has 0 saturated heterocycles. The highest BCUT2D eigenvalue weighted by atomic mass is 32.2. The van der Waals surface area contributed by atoms with E-state index in [-0.39, 0.29) is 5.91 Å². The second kappa shape index (κ2) is 7.20. The molecule has 2 aromatic carbocycles. The number of benzene rings is 2. The fourth-order valence-corrected chi connectivity index (χ4v) is 3.85. The molecule has 0 bridgehead atoms. The summed E-state index contributed by atoms with van der Waals surface area (Å²) in [6, 6.07) is 13.9. The van der Waals surface area contributed by atoms with Gasteiger partial charge in [-0.2, -0.15) is 0 Å². The van der Waals surface area contributed by atoms with Gasteiger partial charge in [0.25, 0.3) is 5.91 Å². The van der Waals surface area contributed by atoms with Crippen molar-refractivity contribution in [3.63, 3.8) is 0 Å². The number of hydrogen-bond acceptors (Lipinski definition) is 4. The zero-order valence-corrected chi connectivity index (χ0v) is 15.4. The third-order valence-electron chi connectivity index (χ3n) is 3.73. The maximum absolute atomic E-state index is 12.5. The molecule has 1 amide bonds. The Balaban J connectivity index is 1.82. The van der Waals surface area contributed by atoms with E-state index in [1.54, 1.807) is 11.8 Å². The van der Waals surface area contributed by atoms with Crippen LogP contribution in [-0.4, -0.2) is 17.1 Å². The maximum atomic E-state index is 12.5. The van der Waals surface area contributed by atoms with Crippen LogP contribution in [0.3, 0.4) is 0 Å². The van der Waals surface area contributed by atoms with Crippen LogP contribution in [0, 0.1) is 13.8 Å². The summed E-state index contributed by atoms with van der Waals surface area (Å²) in [4.78, 5) is 18.0. The molecule has 3 aromatic rings. The second-order valence-corrected chi connectivity index (χ2v) is 7.22. The van der Waals surface area contributed by atoms with Crippen molar-refractivity contribution in [2.45, 2.75) is 18.7 Å². The van der Waals surface area contributed by atoms with E-state index in [0.717, 1.165) is 16.2 Å². The summed E-state index contributed by atoms with van der Waals surface area (Å²) < 4.78 is 0. The fourth-order valence-electron chi connectivity index (χ4n) is 2.55. The first-order valence-electron chi connectivity index (χ1n) is 7.56. The van der Waals surface area contributed by atoms with Crippen LogP contribution in [-0.2, 0) is 0 Å². The molecule has 0 atom stereocenters. The van der Waals surface area contributed by atoms with Gasteiger partial charge < -0.3 is 0 Å². The third-order valence-corrected chi connectivity index (χ3v) is 5.29. The molecular weight excluding hydrogens is 336 g/mol. The number of carbonyl (C=O) groups excluding carboxylic acids is 1. The standard InChI is InChI=1S/C19H18N2OS2/c1-12-8-9-14(13(2)10-12)16-11-24-19(20-16)21-18(22)15-6-4-5-7-17(15)23-3/h4-11H,1-3H3,(H,20,21,22). The van der Waals surface area contributed by atoms with Gasteiger partial charge in [0, 0.05) is 15.8 Å². The predicted molar refractivity (Wildman–Crippen MR) is 103 cm³/mol. The lowest BCUT2D eigenvalue weighted by Gasteiger charge is -2.06. The van der Waals surface area contributed by atoms with Gasteiger partial charge in [0.15, 0.2) is 5.13 Å². The zero-order chi connectivity index (χ0) is 17.1. The minimum absolute atomic E-state index is 0.124. The Kier molecular flexibility index (Phi) is 5.02. The Labute approximate surface area is 150 Å². The minimum atomic E-state index is -0.124. The highest BCUT2D eigenvalue weighted by Gasteiger charge is 2.13. The fraction of sp³-hybridized carbons (Fsp3) is 0.158. The van der Waals surface area contributed by atoms with Gasteiger partial charge in [-0.05, 0) is 37.8 Å². The maximum Gasteiger partial charge on any atom is 0.258 e. The molecule has 122 valence electrons. The molecule has 5 heteroatoms. The first kappa shape index (κ1) is 16.7. The summed E-state index contributed by atoms with van der Waals surface area (Å²) in [6.07, 6.45) is 1.97. The van der Waals surface area contributed by atoms with E-state index in [1.165, 1.54) is 22.5 Å². The Morgan fingerprint density at radius 3 is 2.71 bits per heavy atom. The molecule has 3 rings (SSSR count). The van der Waals surface area contributed by atoms with Crippen molar-refractivity contribution in [2.75, 3.05) is 11.6 Å². The van der Waals surface area contributed by atoms with Crippen molar-refractivity contribution in [1.29, 1.82) is 0 Å². The van der Waals surface area contributed by atoms with Gasteiger partial charge in [-0.25, -0.2) is 4.98 Å². The minimum Gasteiger partial charge on any atom is -0.298 e. The van der Waals surface area contributed by atoms with Crippen LogP contribution in [0.15, 0.2) is 52.7 Å². The molecule has 0 radical (unpaired) electrons. The van der Waals surface area contributed by atoms with Crippen LogP contribution in [0.4, 0.5) is 5.13 Å². The van der Waals surface area contributed by atoms with Crippen molar-refractivity contribution < 1.29 is 4.79 Å². The van der Waals surface area contributed by atoms with E-state index in [9.17, 15) is 4.79 Å². The first-order chi connectivity index (χ1) is 11.6.